The summed E-state index contributed by atoms with van der Waals surface area (Å²) >= 11 is 0. The van der Waals surface area contributed by atoms with Crippen LogP contribution < -0.4 is 0 Å². The first kappa shape index (κ1) is 16.3. The molecule has 1 saturated carbocycles. The van der Waals surface area contributed by atoms with E-state index < -0.39 is 0 Å². The van der Waals surface area contributed by atoms with Crippen molar-refractivity contribution in [3.8, 4) is 0 Å². The van der Waals surface area contributed by atoms with Crippen LogP contribution in [0.3, 0.4) is 0 Å². The van der Waals surface area contributed by atoms with E-state index in [1.165, 1.54) is 0 Å². The first-order valence-corrected chi connectivity index (χ1v) is 8.39. The van der Waals surface area contributed by atoms with Crippen LogP contribution in [0.5, 0.6) is 0 Å². The molecule has 3 atom stereocenters. The molecule has 0 N–H and O–H groups in total. The van der Waals surface area contributed by atoms with Crippen LogP contribution in [0, 0.1) is 12.8 Å². The average Bonchev–Trinajstić information content (AvgIpc) is 2.96. The van der Waals surface area contributed by atoms with Gasteiger partial charge in [0.2, 0.25) is 0 Å². The van der Waals surface area contributed by atoms with Crippen LogP contribution in [0.25, 0.3) is 0 Å². The molecule has 1 aromatic rings. The summed E-state index contributed by atoms with van der Waals surface area (Å²) in [5.41, 5.74) is 1.22. The number of rotatable bonds is 4. The van der Waals surface area contributed by atoms with Crippen molar-refractivity contribution in [2.45, 2.75) is 51.9 Å². The lowest BCUT2D eigenvalue weighted by Crippen LogP contribution is -2.54. The van der Waals surface area contributed by atoms with Crippen LogP contribution in [-0.2, 0) is 9.47 Å². The third kappa shape index (κ3) is 3.53. The first-order valence-electron chi connectivity index (χ1n) is 8.39. The molecule has 126 valence electrons. The molecule has 0 radical (unpaired) electrons. The Labute approximate surface area is 137 Å². The van der Waals surface area contributed by atoms with Gasteiger partial charge in [0.25, 0.3) is 5.91 Å². The highest BCUT2D eigenvalue weighted by Gasteiger charge is 2.45. The van der Waals surface area contributed by atoms with E-state index in [1.807, 2.05) is 11.8 Å². The van der Waals surface area contributed by atoms with Crippen molar-refractivity contribution in [2.24, 2.45) is 5.92 Å². The molecule has 2 aliphatic rings. The molecule has 0 aromatic carbocycles. The Morgan fingerprint density at radius 1 is 1.39 bits per heavy atom. The molecule has 1 amide bonds. The average molecular weight is 319 g/mol. The molecule has 23 heavy (non-hydrogen) atoms. The minimum atomic E-state index is -0.0553. The van der Waals surface area contributed by atoms with Crippen molar-refractivity contribution in [1.82, 2.24) is 14.9 Å². The monoisotopic (exact) mass is 319 g/mol. The smallest absolute Gasteiger partial charge is 0.274 e. The number of aromatic nitrogens is 2. The van der Waals surface area contributed by atoms with Crippen molar-refractivity contribution in [3.05, 3.63) is 23.8 Å². The lowest BCUT2D eigenvalue weighted by Gasteiger charge is -2.39. The first-order chi connectivity index (χ1) is 11.1. The minimum absolute atomic E-state index is 0.0233. The zero-order valence-corrected chi connectivity index (χ0v) is 14.1. The van der Waals surface area contributed by atoms with Gasteiger partial charge in [0.1, 0.15) is 11.8 Å². The zero-order valence-electron chi connectivity index (χ0n) is 14.1. The molecule has 0 unspecified atom stereocenters. The van der Waals surface area contributed by atoms with Crippen LogP contribution in [0.4, 0.5) is 0 Å². The molecule has 1 aliphatic carbocycles. The van der Waals surface area contributed by atoms with Gasteiger partial charge in [0.15, 0.2) is 0 Å². The number of amides is 1. The minimum Gasteiger partial charge on any atom is -0.375 e. The van der Waals surface area contributed by atoms with Crippen molar-refractivity contribution < 1.29 is 14.3 Å². The van der Waals surface area contributed by atoms with Crippen molar-refractivity contribution in [3.63, 3.8) is 0 Å². The van der Waals surface area contributed by atoms with Crippen LogP contribution in [0.15, 0.2) is 12.4 Å². The highest BCUT2D eigenvalue weighted by atomic mass is 16.5. The van der Waals surface area contributed by atoms with E-state index in [1.54, 1.807) is 12.4 Å². The van der Waals surface area contributed by atoms with E-state index in [4.69, 9.17) is 9.47 Å². The highest BCUT2D eigenvalue weighted by molar-refractivity contribution is 5.92. The molecule has 6 nitrogen and oxygen atoms in total. The van der Waals surface area contributed by atoms with E-state index >= 15 is 0 Å². The number of carbonyl (C=O) groups excluding carboxylic acids is 1. The highest BCUT2D eigenvalue weighted by Crippen LogP contribution is 2.33. The number of hydrogen-bond acceptors (Lipinski definition) is 5. The number of morpholine rings is 1. The summed E-state index contributed by atoms with van der Waals surface area (Å²) in [5, 5.41) is 0. The van der Waals surface area contributed by atoms with Gasteiger partial charge in [-0.3, -0.25) is 9.78 Å². The molecule has 1 aliphatic heterocycles. The number of fused-ring (bicyclic) bond motifs is 1. The Morgan fingerprint density at radius 3 is 2.91 bits per heavy atom. The summed E-state index contributed by atoms with van der Waals surface area (Å²) in [4.78, 5) is 23.0. The van der Waals surface area contributed by atoms with Gasteiger partial charge in [-0.2, -0.15) is 0 Å². The molecular formula is C17H25N3O3. The van der Waals surface area contributed by atoms with Gasteiger partial charge in [-0.05, 0) is 25.7 Å². The fraction of sp³-hybridized carbons (Fsp3) is 0.706. The third-order valence-corrected chi connectivity index (χ3v) is 4.44. The summed E-state index contributed by atoms with van der Waals surface area (Å²) in [6.45, 7) is 8.02. The lowest BCUT2D eigenvalue weighted by molar-refractivity contribution is -0.108. The Kier molecular flexibility index (Phi) is 4.92. The summed E-state index contributed by atoms with van der Waals surface area (Å²) in [6, 6.07) is 0.0801. The number of nitrogens with zero attached hydrogens (tertiary/aromatic N) is 3. The number of aryl methyl sites for hydroxylation is 1. The molecule has 6 heteroatoms. The largest absolute Gasteiger partial charge is 0.375 e. The lowest BCUT2D eigenvalue weighted by atomic mass is 10.1. The topological polar surface area (TPSA) is 64.6 Å². The fourth-order valence-electron chi connectivity index (χ4n) is 3.31. The maximum atomic E-state index is 12.8. The second-order valence-corrected chi connectivity index (χ2v) is 6.79. The molecule has 1 saturated heterocycles. The summed E-state index contributed by atoms with van der Waals surface area (Å²) in [6.07, 6.45) is 5.11. The van der Waals surface area contributed by atoms with Gasteiger partial charge in [-0.25, -0.2) is 4.98 Å². The van der Waals surface area contributed by atoms with Crippen LogP contribution >= 0.6 is 0 Å². The van der Waals surface area contributed by atoms with E-state index in [-0.39, 0.29) is 24.2 Å². The summed E-state index contributed by atoms with van der Waals surface area (Å²) in [7, 11) is 0. The standard InChI is InChI=1S/C17H25N3O3/c1-11(2)10-23-15-5-4-14-16(15)22-7-6-20(14)17(21)13-9-18-12(3)8-19-13/h8-9,11,14-16H,4-7,10H2,1-3H3/t14-,15+,16+/m0/s1. The summed E-state index contributed by atoms with van der Waals surface area (Å²) in [5.74, 6) is 0.443. The Hall–Kier alpha value is -1.53. The van der Waals surface area contributed by atoms with Gasteiger partial charge in [-0.1, -0.05) is 13.8 Å². The molecule has 1 aromatic heterocycles. The Morgan fingerprint density at radius 2 is 2.22 bits per heavy atom. The molecular weight excluding hydrogens is 294 g/mol. The normalized spacial score (nSPS) is 27.3. The van der Waals surface area contributed by atoms with E-state index in [0.29, 0.717) is 24.8 Å². The second kappa shape index (κ2) is 6.93. The van der Waals surface area contributed by atoms with Crippen molar-refractivity contribution >= 4 is 5.91 Å². The number of hydrogen-bond donors (Lipinski definition) is 0. The van der Waals surface area contributed by atoms with Gasteiger partial charge in [0, 0.05) is 19.3 Å². The molecule has 0 bridgehead atoms. The third-order valence-electron chi connectivity index (χ3n) is 4.44. The summed E-state index contributed by atoms with van der Waals surface area (Å²) < 4.78 is 11.9. The molecule has 2 fully saturated rings. The Balaban J connectivity index is 1.69. The molecule has 2 heterocycles. The fourth-order valence-corrected chi connectivity index (χ4v) is 3.31. The van der Waals surface area contributed by atoms with Crippen molar-refractivity contribution in [2.75, 3.05) is 19.8 Å². The second-order valence-electron chi connectivity index (χ2n) is 6.79. The van der Waals surface area contributed by atoms with Gasteiger partial charge in [-0.15, -0.1) is 0 Å². The molecule has 3 rings (SSSR count). The van der Waals surface area contributed by atoms with Gasteiger partial charge >= 0.3 is 0 Å². The van der Waals surface area contributed by atoms with E-state index in [2.05, 4.69) is 23.8 Å². The maximum absolute atomic E-state index is 12.8. The van der Waals surface area contributed by atoms with Gasteiger partial charge < -0.3 is 14.4 Å². The van der Waals surface area contributed by atoms with Crippen molar-refractivity contribution in [1.29, 1.82) is 0 Å². The van der Waals surface area contributed by atoms with E-state index in [9.17, 15) is 4.79 Å². The number of carbonyl (C=O) groups is 1. The number of ether oxygens (including phenoxy) is 2. The predicted octanol–water partition coefficient (Wildman–Crippen LogP) is 1.83. The Bertz CT molecular complexity index is 547. The van der Waals surface area contributed by atoms with Crippen LogP contribution in [0.2, 0.25) is 0 Å². The van der Waals surface area contributed by atoms with Crippen LogP contribution in [0.1, 0.15) is 42.9 Å². The van der Waals surface area contributed by atoms with E-state index in [0.717, 1.165) is 25.1 Å². The zero-order chi connectivity index (χ0) is 16.4. The predicted molar refractivity (Wildman–Crippen MR) is 85.1 cm³/mol. The maximum Gasteiger partial charge on any atom is 0.274 e. The molecule has 0 spiro atoms. The van der Waals surface area contributed by atoms with Crippen LogP contribution in [-0.4, -0.2) is 58.8 Å². The SMILES string of the molecule is Cc1cnc(C(=O)N2CCO[C@H]3[C@H](OCC(C)C)CC[C@@H]32)cn1. The quantitative estimate of drug-likeness (QED) is 0.847. The van der Waals surface area contributed by atoms with Gasteiger partial charge in [0.05, 0.1) is 30.6 Å².